The normalized spacial score (nSPS) is 14.6. The average molecular weight is 179 g/mol. The van der Waals surface area contributed by atoms with Gasteiger partial charge in [-0.15, -0.1) is 0 Å². The highest BCUT2D eigenvalue weighted by molar-refractivity contribution is 6.59. The molecule has 0 spiro atoms. The van der Waals surface area contributed by atoms with Gasteiger partial charge >= 0.3 is 7.12 Å². The number of aromatic nitrogens is 1. The molecule has 5 heteroatoms. The van der Waals surface area contributed by atoms with Gasteiger partial charge in [-0.2, -0.15) is 0 Å². The summed E-state index contributed by atoms with van der Waals surface area (Å²) in [4.78, 5) is 4.02. The van der Waals surface area contributed by atoms with Gasteiger partial charge in [0.2, 0.25) is 5.88 Å². The van der Waals surface area contributed by atoms with Crippen LogP contribution in [-0.4, -0.2) is 28.8 Å². The van der Waals surface area contributed by atoms with Gasteiger partial charge in [-0.3, -0.25) is 0 Å². The predicted octanol–water partition coefficient (Wildman–Crippen LogP) is -0.914. The van der Waals surface area contributed by atoms with Crippen LogP contribution >= 0.6 is 0 Å². The van der Waals surface area contributed by atoms with Gasteiger partial charge < -0.3 is 14.8 Å². The fourth-order valence-corrected chi connectivity index (χ4v) is 1.52. The SMILES string of the molecule is OB(O)c1ccnc2c1CCCO2. The molecular formula is C8H10BNO3. The molecule has 4 nitrogen and oxygen atoms in total. The van der Waals surface area contributed by atoms with Crippen LogP contribution in [0.1, 0.15) is 12.0 Å². The molecule has 0 saturated heterocycles. The second kappa shape index (κ2) is 3.36. The molecule has 0 aromatic carbocycles. The summed E-state index contributed by atoms with van der Waals surface area (Å²) in [6, 6.07) is 1.61. The largest absolute Gasteiger partial charge is 0.488 e. The maximum absolute atomic E-state index is 9.05. The van der Waals surface area contributed by atoms with Gasteiger partial charge in [-0.1, -0.05) is 0 Å². The molecule has 2 rings (SSSR count). The summed E-state index contributed by atoms with van der Waals surface area (Å²) in [7, 11) is -1.43. The zero-order valence-corrected chi connectivity index (χ0v) is 7.10. The number of fused-ring (bicyclic) bond motifs is 1. The highest BCUT2D eigenvalue weighted by Gasteiger charge is 2.21. The minimum atomic E-state index is -1.43. The second-order valence-corrected chi connectivity index (χ2v) is 3.01. The standard InChI is InChI=1S/C8H10BNO3/c11-9(12)7-3-4-10-8-6(7)2-1-5-13-8/h3-4,11-12H,1-2,5H2. The first-order valence-corrected chi connectivity index (χ1v) is 4.26. The minimum Gasteiger partial charge on any atom is -0.477 e. The average Bonchev–Trinajstić information content (AvgIpc) is 2.17. The predicted molar refractivity (Wildman–Crippen MR) is 47.9 cm³/mol. The third kappa shape index (κ3) is 1.52. The van der Waals surface area contributed by atoms with Gasteiger partial charge in [0.25, 0.3) is 0 Å². The highest BCUT2D eigenvalue weighted by Crippen LogP contribution is 2.19. The van der Waals surface area contributed by atoms with Crippen LogP contribution in [0.25, 0.3) is 0 Å². The Bertz CT molecular complexity index is 316. The molecule has 1 aliphatic heterocycles. The monoisotopic (exact) mass is 179 g/mol. The van der Waals surface area contributed by atoms with E-state index in [9.17, 15) is 0 Å². The number of hydrogen-bond donors (Lipinski definition) is 2. The Morgan fingerprint density at radius 3 is 3.08 bits per heavy atom. The van der Waals surface area contributed by atoms with Crippen molar-refractivity contribution in [2.45, 2.75) is 12.8 Å². The van der Waals surface area contributed by atoms with Crippen molar-refractivity contribution in [3.63, 3.8) is 0 Å². The lowest BCUT2D eigenvalue weighted by Crippen LogP contribution is -2.35. The van der Waals surface area contributed by atoms with Crippen LogP contribution in [-0.2, 0) is 6.42 Å². The molecule has 2 heterocycles. The van der Waals surface area contributed by atoms with E-state index in [4.69, 9.17) is 14.8 Å². The van der Waals surface area contributed by atoms with Crippen molar-refractivity contribution in [3.8, 4) is 5.88 Å². The van der Waals surface area contributed by atoms with E-state index in [2.05, 4.69) is 4.98 Å². The first-order valence-electron chi connectivity index (χ1n) is 4.26. The van der Waals surface area contributed by atoms with E-state index in [0.29, 0.717) is 17.9 Å². The van der Waals surface area contributed by atoms with Crippen LogP contribution in [0.15, 0.2) is 12.3 Å². The van der Waals surface area contributed by atoms with Crippen molar-refractivity contribution in [1.29, 1.82) is 0 Å². The van der Waals surface area contributed by atoms with E-state index in [1.54, 1.807) is 6.07 Å². The smallest absolute Gasteiger partial charge is 0.477 e. The van der Waals surface area contributed by atoms with Gasteiger partial charge in [0, 0.05) is 11.8 Å². The Morgan fingerprint density at radius 1 is 1.46 bits per heavy atom. The number of ether oxygens (including phenoxy) is 1. The van der Waals surface area contributed by atoms with Crippen LogP contribution < -0.4 is 10.2 Å². The zero-order chi connectivity index (χ0) is 9.26. The van der Waals surface area contributed by atoms with Gasteiger partial charge in [0.15, 0.2) is 0 Å². The summed E-state index contributed by atoms with van der Waals surface area (Å²) in [5, 5.41) is 18.1. The Kier molecular flexibility index (Phi) is 2.20. The molecule has 0 saturated carbocycles. The first-order chi connectivity index (χ1) is 6.29. The summed E-state index contributed by atoms with van der Waals surface area (Å²) in [5.41, 5.74) is 1.33. The Morgan fingerprint density at radius 2 is 2.31 bits per heavy atom. The topological polar surface area (TPSA) is 62.6 Å². The van der Waals surface area contributed by atoms with Crippen molar-refractivity contribution < 1.29 is 14.8 Å². The molecule has 0 aliphatic carbocycles. The van der Waals surface area contributed by atoms with E-state index in [1.807, 2.05) is 0 Å². The van der Waals surface area contributed by atoms with Gasteiger partial charge in [-0.25, -0.2) is 4.98 Å². The van der Waals surface area contributed by atoms with Crippen LogP contribution in [0.3, 0.4) is 0 Å². The number of hydrogen-bond acceptors (Lipinski definition) is 4. The van der Waals surface area contributed by atoms with Crippen molar-refractivity contribution in [2.24, 2.45) is 0 Å². The quantitative estimate of drug-likeness (QED) is 0.547. The van der Waals surface area contributed by atoms with Crippen molar-refractivity contribution in [3.05, 3.63) is 17.8 Å². The van der Waals surface area contributed by atoms with E-state index < -0.39 is 7.12 Å². The Hall–Kier alpha value is -1.07. The van der Waals surface area contributed by atoms with E-state index in [0.717, 1.165) is 18.4 Å². The molecule has 2 N–H and O–H groups in total. The summed E-state index contributed by atoms with van der Waals surface area (Å²) in [5.74, 6) is 0.539. The summed E-state index contributed by atoms with van der Waals surface area (Å²) >= 11 is 0. The van der Waals surface area contributed by atoms with Crippen LogP contribution in [0.5, 0.6) is 5.88 Å². The molecule has 0 bridgehead atoms. The number of pyridine rings is 1. The molecule has 0 unspecified atom stereocenters. The fourth-order valence-electron chi connectivity index (χ4n) is 1.52. The first kappa shape index (κ1) is 8.53. The molecule has 13 heavy (non-hydrogen) atoms. The Labute approximate surface area is 76.3 Å². The molecule has 0 atom stereocenters. The summed E-state index contributed by atoms with van der Waals surface area (Å²) < 4.78 is 5.28. The van der Waals surface area contributed by atoms with E-state index >= 15 is 0 Å². The fraction of sp³-hybridized carbons (Fsp3) is 0.375. The van der Waals surface area contributed by atoms with Crippen molar-refractivity contribution >= 4 is 12.6 Å². The van der Waals surface area contributed by atoms with Crippen molar-refractivity contribution in [1.82, 2.24) is 4.98 Å². The number of nitrogens with zero attached hydrogens (tertiary/aromatic N) is 1. The summed E-state index contributed by atoms with van der Waals surface area (Å²) in [6.07, 6.45) is 3.23. The molecule has 1 aliphatic rings. The molecule has 0 amide bonds. The Balaban J connectivity index is 2.46. The lowest BCUT2D eigenvalue weighted by molar-refractivity contribution is 0.276. The molecule has 68 valence electrons. The molecule has 0 radical (unpaired) electrons. The highest BCUT2D eigenvalue weighted by atomic mass is 16.5. The third-order valence-corrected chi connectivity index (χ3v) is 2.14. The van der Waals surface area contributed by atoms with E-state index in [-0.39, 0.29) is 0 Å². The summed E-state index contributed by atoms with van der Waals surface area (Å²) in [6.45, 7) is 0.658. The van der Waals surface area contributed by atoms with Crippen LogP contribution in [0.2, 0.25) is 0 Å². The van der Waals surface area contributed by atoms with Gasteiger partial charge in [-0.05, 0) is 24.4 Å². The molecule has 1 aromatic heterocycles. The van der Waals surface area contributed by atoms with Crippen molar-refractivity contribution in [2.75, 3.05) is 6.61 Å². The zero-order valence-electron chi connectivity index (χ0n) is 7.10. The van der Waals surface area contributed by atoms with Gasteiger partial charge in [0.05, 0.1) is 6.61 Å². The van der Waals surface area contributed by atoms with Crippen LogP contribution in [0, 0.1) is 0 Å². The third-order valence-electron chi connectivity index (χ3n) is 2.14. The molecule has 0 fully saturated rings. The lowest BCUT2D eigenvalue weighted by atomic mass is 9.76. The maximum atomic E-state index is 9.05. The van der Waals surface area contributed by atoms with Crippen LogP contribution in [0.4, 0.5) is 0 Å². The van der Waals surface area contributed by atoms with Gasteiger partial charge in [0.1, 0.15) is 0 Å². The van der Waals surface area contributed by atoms with E-state index in [1.165, 1.54) is 6.20 Å². The second-order valence-electron chi connectivity index (χ2n) is 3.01. The number of rotatable bonds is 1. The molecule has 1 aromatic rings. The maximum Gasteiger partial charge on any atom is 0.488 e. The minimum absolute atomic E-state index is 0.504. The molecular weight excluding hydrogens is 169 g/mol. The lowest BCUT2D eigenvalue weighted by Gasteiger charge is -2.18.